The van der Waals surface area contributed by atoms with Crippen LogP contribution in [0.3, 0.4) is 0 Å². The topological polar surface area (TPSA) is 55.6 Å². The summed E-state index contributed by atoms with van der Waals surface area (Å²) in [6.45, 7) is 1.43. The third-order valence-corrected chi connectivity index (χ3v) is 4.03. The fourth-order valence-corrected chi connectivity index (χ4v) is 2.64. The molecule has 1 aliphatic rings. The number of carbonyl (C=O) groups excluding carboxylic acids is 1. The molecule has 1 unspecified atom stereocenters. The van der Waals surface area contributed by atoms with E-state index in [9.17, 15) is 4.79 Å². The SMILES string of the molecule is COC(=O)C(N)(CN(C)CCc1ccccc1)C1CC1. The first-order chi connectivity index (χ1) is 9.56. The number of nitrogens with two attached hydrogens (primary N) is 1. The first-order valence-electron chi connectivity index (χ1n) is 7.16. The Hall–Kier alpha value is -1.39. The van der Waals surface area contributed by atoms with E-state index in [4.69, 9.17) is 10.5 Å². The van der Waals surface area contributed by atoms with Gasteiger partial charge in [-0.1, -0.05) is 30.3 Å². The molecule has 1 fully saturated rings. The first-order valence-corrected chi connectivity index (χ1v) is 7.16. The van der Waals surface area contributed by atoms with Crippen molar-refractivity contribution in [2.24, 2.45) is 11.7 Å². The van der Waals surface area contributed by atoms with Crippen molar-refractivity contribution in [3.05, 3.63) is 35.9 Å². The molecule has 1 aromatic carbocycles. The molecule has 0 aromatic heterocycles. The third kappa shape index (κ3) is 3.58. The molecule has 110 valence electrons. The smallest absolute Gasteiger partial charge is 0.327 e. The Morgan fingerprint density at radius 3 is 2.60 bits per heavy atom. The van der Waals surface area contributed by atoms with E-state index in [0.717, 1.165) is 25.8 Å². The molecule has 1 saturated carbocycles. The van der Waals surface area contributed by atoms with Crippen molar-refractivity contribution in [1.82, 2.24) is 4.90 Å². The summed E-state index contributed by atoms with van der Waals surface area (Å²) < 4.78 is 4.89. The third-order valence-electron chi connectivity index (χ3n) is 4.03. The molecule has 2 N–H and O–H groups in total. The highest BCUT2D eigenvalue weighted by Crippen LogP contribution is 2.39. The molecular weight excluding hydrogens is 252 g/mol. The lowest BCUT2D eigenvalue weighted by Gasteiger charge is -2.31. The largest absolute Gasteiger partial charge is 0.468 e. The highest BCUT2D eigenvalue weighted by atomic mass is 16.5. The standard InChI is InChI=1S/C16H24N2O2/c1-18(11-10-13-6-4-3-5-7-13)12-16(17,14-8-9-14)15(19)20-2/h3-7,14H,8-12,17H2,1-2H3. The molecule has 0 bridgehead atoms. The molecule has 0 radical (unpaired) electrons. The minimum Gasteiger partial charge on any atom is -0.468 e. The lowest BCUT2D eigenvalue weighted by Crippen LogP contribution is -2.58. The van der Waals surface area contributed by atoms with Gasteiger partial charge in [-0.25, -0.2) is 0 Å². The summed E-state index contributed by atoms with van der Waals surface area (Å²) >= 11 is 0. The number of nitrogens with zero attached hydrogens (tertiary/aromatic N) is 1. The van der Waals surface area contributed by atoms with Crippen molar-refractivity contribution in [2.75, 3.05) is 27.2 Å². The van der Waals surface area contributed by atoms with Crippen LogP contribution in [-0.4, -0.2) is 43.7 Å². The Kier molecular flexibility index (Phi) is 4.78. The molecular formula is C16H24N2O2. The van der Waals surface area contributed by atoms with Crippen LogP contribution in [0.1, 0.15) is 18.4 Å². The van der Waals surface area contributed by atoms with Gasteiger partial charge in [-0.05, 0) is 37.8 Å². The van der Waals surface area contributed by atoms with E-state index >= 15 is 0 Å². The molecule has 0 spiro atoms. The minimum atomic E-state index is -0.847. The molecule has 1 aliphatic carbocycles. The lowest BCUT2D eigenvalue weighted by molar-refractivity contribution is -0.148. The molecule has 0 heterocycles. The molecule has 0 saturated heterocycles. The maximum Gasteiger partial charge on any atom is 0.327 e. The summed E-state index contributed by atoms with van der Waals surface area (Å²) in [7, 11) is 3.42. The van der Waals surface area contributed by atoms with Crippen LogP contribution in [-0.2, 0) is 16.0 Å². The van der Waals surface area contributed by atoms with Gasteiger partial charge in [0.1, 0.15) is 5.54 Å². The van der Waals surface area contributed by atoms with E-state index in [1.54, 1.807) is 0 Å². The quantitative estimate of drug-likeness (QED) is 0.766. The maximum absolute atomic E-state index is 12.0. The van der Waals surface area contributed by atoms with Gasteiger partial charge >= 0.3 is 5.97 Å². The fraction of sp³-hybridized carbons (Fsp3) is 0.562. The van der Waals surface area contributed by atoms with Gasteiger partial charge in [0.2, 0.25) is 0 Å². The Morgan fingerprint density at radius 1 is 1.40 bits per heavy atom. The number of hydrogen-bond acceptors (Lipinski definition) is 4. The molecule has 1 atom stereocenters. The van der Waals surface area contributed by atoms with Crippen molar-refractivity contribution in [1.29, 1.82) is 0 Å². The second kappa shape index (κ2) is 6.37. The zero-order chi connectivity index (χ0) is 14.6. The summed E-state index contributed by atoms with van der Waals surface area (Å²) in [6.07, 6.45) is 3.01. The maximum atomic E-state index is 12.0. The summed E-state index contributed by atoms with van der Waals surface area (Å²) in [5.41, 5.74) is 6.76. The second-order valence-corrected chi connectivity index (χ2v) is 5.78. The van der Waals surface area contributed by atoms with Crippen LogP contribution in [0.4, 0.5) is 0 Å². The average molecular weight is 276 g/mol. The van der Waals surface area contributed by atoms with Gasteiger partial charge < -0.3 is 15.4 Å². The molecule has 4 nitrogen and oxygen atoms in total. The van der Waals surface area contributed by atoms with Gasteiger partial charge in [0.15, 0.2) is 0 Å². The molecule has 2 rings (SSSR count). The fourth-order valence-electron chi connectivity index (χ4n) is 2.64. The Morgan fingerprint density at radius 2 is 2.05 bits per heavy atom. The summed E-state index contributed by atoms with van der Waals surface area (Å²) in [5.74, 6) is -0.0133. The first kappa shape index (κ1) is 15.0. The highest BCUT2D eigenvalue weighted by molar-refractivity contribution is 5.81. The van der Waals surface area contributed by atoms with Crippen LogP contribution in [0.15, 0.2) is 30.3 Å². The van der Waals surface area contributed by atoms with Crippen LogP contribution in [0.5, 0.6) is 0 Å². The monoisotopic (exact) mass is 276 g/mol. The van der Waals surface area contributed by atoms with Crippen molar-refractivity contribution in [3.63, 3.8) is 0 Å². The number of carbonyl (C=O) groups is 1. The normalized spacial score (nSPS) is 17.8. The molecule has 0 amide bonds. The van der Waals surface area contributed by atoms with E-state index in [1.807, 2.05) is 25.2 Å². The van der Waals surface area contributed by atoms with E-state index in [-0.39, 0.29) is 11.9 Å². The number of ether oxygens (including phenoxy) is 1. The van der Waals surface area contributed by atoms with Crippen molar-refractivity contribution in [3.8, 4) is 0 Å². The second-order valence-electron chi connectivity index (χ2n) is 5.78. The van der Waals surface area contributed by atoms with Crippen LogP contribution < -0.4 is 5.73 Å². The Labute approximate surface area is 120 Å². The summed E-state index contributed by atoms with van der Waals surface area (Å²) in [6, 6.07) is 10.3. The molecule has 4 heteroatoms. The lowest BCUT2D eigenvalue weighted by atomic mass is 9.93. The van der Waals surface area contributed by atoms with Crippen LogP contribution in [0.2, 0.25) is 0 Å². The van der Waals surface area contributed by atoms with E-state index < -0.39 is 5.54 Å². The Bertz CT molecular complexity index is 445. The van der Waals surface area contributed by atoms with Crippen molar-refractivity contribution >= 4 is 5.97 Å². The average Bonchev–Trinajstić information content (AvgIpc) is 3.30. The summed E-state index contributed by atoms with van der Waals surface area (Å²) in [5, 5.41) is 0. The van der Waals surface area contributed by atoms with Crippen LogP contribution in [0.25, 0.3) is 0 Å². The van der Waals surface area contributed by atoms with Gasteiger partial charge in [0.25, 0.3) is 0 Å². The van der Waals surface area contributed by atoms with E-state index in [0.29, 0.717) is 6.54 Å². The van der Waals surface area contributed by atoms with Crippen molar-refractivity contribution in [2.45, 2.75) is 24.8 Å². The van der Waals surface area contributed by atoms with Gasteiger partial charge in [0.05, 0.1) is 7.11 Å². The number of hydrogen-bond donors (Lipinski definition) is 1. The predicted molar refractivity (Wildman–Crippen MR) is 79.3 cm³/mol. The number of esters is 1. The van der Waals surface area contributed by atoms with E-state index in [2.05, 4.69) is 17.0 Å². The number of benzene rings is 1. The van der Waals surface area contributed by atoms with Gasteiger partial charge in [-0.15, -0.1) is 0 Å². The zero-order valence-electron chi connectivity index (χ0n) is 12.3. The van der Waals surface area contributed by atoms with Gasteiger partial charge in [0, 0.05) is 13.1 Å². The summed E-state index contributed by atoms with van der Waals surface area (Å²) in [4.78, 5) is 14.1. The number of rotatable bonds is 7. The number of likely N-dealkylation sites (N-methyl/N-ethyl adjacent to an activating group) is 1. The van der Waals surface area contributed by atoms with Crippen LogP contribution in [0, 0.1) is 5.92 Å². The van der Waals surface area contributed by atoms with Gasteiger partial charge in [-0.3, -0.25) is 4.79 Å². The minimum absolute atomic E-state index is 0.272. The molecule has 20 heavy (non-hydrogen) atoms. The Balaban J connectivity index is 1.89. The van der Waals surface area contributed by atoms with Crippen LogP contribution >= 0.6 is 0 Å². The molecule has 1 aromatic rings. The zero-order valence-corrected chi connectivity index (χ0v) is 12.3. The van der Waals surface area contributed by atoms with Crippen molar-refractivity contribution < 1.29 is 9.53 Å². The molecule has 0 aliphatic heterocycles. The highest BCUT2D eigenvalue weighted by Gasteiger charge is 2.49. The number of methoxy groups -OCH3 is 1. The predicted octanol–water partition coefficient (Wildman–Crippen LogP) is 1.44. The van der Waals surface area contributed by atoms with Gasteiger partial charge in [-0.2, -0.15) is 0 Å². The van der Waals surface area contributed by atoms with E-state index in [1.165, 1.54) is 12.7 Å².